The first-order chi connectivity index (χ1) is 9.34. The Labute approximate surface area is 113 Å². The summed E-state index contributed by atoms with van der Waals surface area (Å²) in [6.07, 6.45) is 1.14. The minimum Gasteiger partial charge on any atom is -0.350 e. The van der Waals surface area contributed by atoms with E-state index in [2.05, 4.69) is 21.5 Å². The maximum Gasteiger partial charge on any atom is 0.251 e. The van der Waals surface area contributed by atoms with Crippen LogP contribution in [-0.2, 0) is 0 Å². The normalized spacial score (nSPS) is 29.8. The third kappa shape index (κ3) is 2.78. The maximum atomic E-state index is 12.0. The van der Waals surface area contributed by atoms with Gasteiger partial charge in [-0.1, -0.05) is 18.2 Å². The number of carbonyl (C=O) groups is 1. The first-order valence-electron chi connectivity index (χ1n) is 6.89. The van der Waals surface area contributed by atoms with E-state index in [9.17, 15) is 4.79 Å². The van der Waals surface area contributed by atoms with Gasteiger partial charge in [-0.15, -0.1) is 0 Å². The number of fused-ring (bicyclic) bond motifs is 1. The molecule has 2 heterocycles. The van der Waals surface area contributed by atoms with E-state index >= 15 is 0 Å². The van der Waals surface area contributed by atoms with Crippen molar-refractivity contribution in [2.24, 2.45) is 5.92 Å². The number of nitrogens with one attached hydrogen (secondary N) is 4. The monoisotopic (exact) mass is 260 g/mol. The fraction of sp³-hybridized carbons (Fsp3) is 0.500. The highest BCUT2D eigenvalue weighted by Crippen LogP contribution is 2.19. The molecule has 3 rings (SSSR count). The van der Waals surface area contributed by atoms with Crippen LogP contribution in [0.15, 0.2) is 30.3 Å². The molecule has 1 amide bonds. The van der Waals surface area contributed by atoms with Gasteiger partial charge in [-0.25, -0.2) is 0 Å². The summed E-state index contributed by atoms with van der Waals surface area (Å²) in [4.78, 5) is 12.0. The van der Waals surface area contributed by atoms with Gasteiger partial charge >= 0.3 is 0 Å². The molecule has 2 fully saturated rings. The number of hydrogen-bond donors (Lipinski definition) is 4. The zero-order valence-electron chi connectivity index (χ0n) is 10.9. The molecular weight excluding hydrogens is 240 g/mol. The van der Waals surface area contributed by atoms with Crippen LogP contribution in [0.25, 0.3) is 0 Å². The van der Waals surface area contributed by atoms with E-state index < -0.39 is 0 Å². The number of hydrogen-bond acceptors (Lipinski definition) is 4. The molecule has 2 saturated heterocycles. The molecule has 19 heavy (non-hydrogen) atoms. The summed E-state index contributed by atoms with van der Waals surface area (Å²) in [6, 6.07) is 10.2. The molecule has 4 N–H and O–H groups in total. The van der Waals surface area contributed by atoms with E-state index in [-0.39, 0.29) is 5.91 Å². The predicted octanol–water partition coefficient (Wildman–Crippen LogP) is -0.129. The minimum atomic E-state index is -0.00498. The molecule has 2 aliphatic heterocycles. The van der Waals surface area contributed by atoms with Crippen molar-refractivity contribution < 1.29 is 4.79 Å². The number of carbonyl (C=O) groups excluding carboxylic acids is 1. The average molecular weight is 260 g/mol. The molecule has 0 bridgehead atoms. The Bertz CT molecular complexity index is 436. The zero-order chi connectivity index (χ0) is 13.1. The molecule has 0 spiro atoms. The number of piperidine rings is 1. The molecule has 102 valence electrons. The van der Waals surface area contributed by atoms with E-state index in [4.69, 9.17) is 0 Å². The highest BCUT2D eigenvalue weighted by molar-refractivity contribution is 5.94. The average Bonchev–Trinajstić information content (AvgIpc) is 2.89. The van der Waals surface area contributed by atoms with Gasteiger partial charge in [0.15, 0.2) is 0 Å². The summed E-state index contributed by atoms with van der Waals surface area (Å²) in [6.45, 7) is 2.74. The van der Waals surface area contributed by atoms with Gasteiger partial charge in [0.05, 0.1) is 0 Å². The van der Waals surface area contributed by atoms with Crippen molar-refractivity contribution in [3.63, 3.8) is 0 Å². The second-order valence-corrected chi connectivity index (χ2v) is 5.23. The van der Waals surface area contributed by atoms with Crippen LogP contribution in [0.5, 0.6) is 0 Å². The SMILES string of the molecule is O=C(NCC1NNC2CCNCC21)c1ccccc1. The topological polar surface area (TPSA) is 65.2 Å². The molecule has 3 unspecified atom stereocenters. The van der Waals surface area contributed by atoms with Gasteiger partial charge in [-0.3, -0.25) is 15.6 Å². The van der Waals surface area contributed by atoms with Crippen LogP contribution in [0.3, 0.4) is 0 Å². The smallest absolute Gasteiger partial charge is 0.251 e. The van der Waals surface area contributed by atoms with Crippen LogP contribution in [0, 0.1) is 5.92 Å². The lowest BCUT2D eigenvalue weighted by Crippen LogP contribution is -2.46. The van der Waals surface area contributed by atoms with Gasteiger partial charge in [0, 0.05) is 36.7 Å². The molecule has 5 heteroatoms. The first kappa shape index (κ1) is 12.6. The van der Waals surface area contributed by atoms with Crippen molar-refractivity contribution in [2.75, 3.05) is 19.6 Å². The van der Waals surface area contributed by atoms with Gasteiger partial charge < -0.3 is 10.6 Å². The van der Waals surface area contributed by atoms with Gasteiger partial charge in [-0.2, -0.15) is 0 Å². The molecule has 0 aliphatic carbocycles. The number of benzene rings is 1. The second kappa shape index (κ2) is 5.69. The van der Waals surface area contributed by atoms with Gasteiger partial charge in [0.1, 0.15) is 0 Å². The Morgan fingerprint density at radius 2 is 2.11 bits per heavy atom. The van der Waals surface area contributed by atoms with Crippen molar-refractivity contribution in [3.8, 4) is 0 Å². The minimum absolute atomic E-state index is 0.00498. The van der Waals surface area contributed by atoms with Crippen molar-refractivity contribution in [3.05, 3.63) is 35.9 Å². The Morgan fingerprint density at radius 1 is 1.26 bits per heavy atom. The van der Waals surface area contributed by atoms with E-state index in [1.165, 1.54) is 0 Å². The van der Waals surface area contributed by atoms with E-state index in [1.54, 1.807) is 0 Å². The van der Waals surface area contributed by atoms with E-state index in [0.717, 1.165) is 19.5 Å². The fourth-order valence-corrected chi connectivity index (χ4v) is 2.90. The Morgan fingerprint density at radius 3 is 2.95 bits per heavy atom. The lowest BCUT2D eigenvalue weighted by atomic mass is 9.89. The lowest BCUT2D eigenvalue weighted by molar-refractivity contribution is 0.0947. The number of amides is 1. The van der Waals surface area contributed by atoms with Crippen LogP contribution >= 0.6 is 0 Å². The fourth-order valence-electron chi connectivity index (χ4n) is 2.90. The zero-order valence-corrected chi connectivity index (χ0v) is 10.9. The molecule has 2 aliphatic rings. The summed E-state index contributed by atoms with van der Waals surface area (Å²) in [5, 5.41) is 6.42. The van der Waals surface area contributed by atoms with E-state index in [0.29, 0.717) is 30.1 Å². The van der Waals surface area contributed by atoms with Crippen LogP contribution < -0.4 is 21.5 Å². The molecular formula is C14H20N4O. The second-order valence-electron chi connectivity index (χ2n) is 5.23. The quantitative estimate of drug-likeness (QED) is 0.611. The highest BCUT2D eigenvalue weighted by Gasteiger charge is 2.37. The third-order valence-corrected chi connectivity index (χ3v) is 4.02. The predicted molar refractivity (Wildman–Crippen MR) is 73.6 cm³/mol. The van der Waals surface area contributed by atoms with Crippen molar-refractivity contribution in [1.82, 2.24) is 21.5 Å². The number of rotatable bonds is 3. The standard InChI is InChI=1S/C14H20N4O/c19-14(10-4-2-1-3-5-10)16-9-13-11-8-15-7-6-12(11)17-18-13/h1-5,11-13,15,17-18H,6-9H2,(H,16,19). The summed E-state index contributed by atoms with van der Waals surface area (Å²) in [5.41, 5.74) is 7.35. The largest absolute Gasteiger partial charge is 0.350 e. The van der Waals surface area contributed by atoms with Crippen molar-refractivity contribution in [2.45, 2.75) is 18.5 Å². The van der Waals surface area contributed by atoms with Crippen molar-refractivity contribution in [1.29, 1.82) is 0 Å². The Hall–Kier alpha value is -1.43. The Balaban J connectivity index is 1.54. The van der Waals surface area contributed by atoms with Gasteiger partial charge in [0.25, 0.3) is 5.91 Å². The molecule has 3 atom stereocenters. The first-order valence-corrected chi connectivity index (χ1v) is 6.89. The van der Waals surface area contributed by atoms with E-state index in [1.807, 2.05) is 30.3 Å². The summed E-state index contributed by atoms with van der Waals surface area (Å²) in [7, 11) is 0. The molecule has 1 aromatic rings. The molecule has 5 nitrogen and oxygen atoms in total. The molecule has 0 saturated carbocycles. The lowest BCUT2D eigenvalue weighted by Gasteiger charge is -2.28. The highest BCUT2D eigenvalue weighted by atomic mass is 16.1. The van der Waals surface area contributed by atoms with Crippen LogP contribution in [-0.4, -0.2) is 37.6 Å². The summed E-state index contributed by atoms with van der Waals surface area (Å²) in [5.74, 6) is 0.541. The molecule has 0 aromatic heterocycles. The maximum absolute atomic E-state index is 12.0. The summed E-state index contributed by atoms with van der Waals surface area (Å²) < 4.78 is 0. The van der Waals surface area contributed by atoms with Gasteiger partial charge in [-0.05, 0) is 25.1 Å². The van der Waals surface area contributed by atoms with Crippen molar-refractivity contribution >= 4 is 5.91 Å². The molecule has 0 radical (unpaired) electrons. The molecule has 1 aromatic carbocycles. The summed E-state index contributed by atoms with van der Waals surface area (Å²) >= 11 is 0. The number of hydrazine groups is 1. The van der Waals surface area contributed by atoms with Gasteiger partial charge in [0.2, 0.25) is 0 Å². The Kier molecular flexibility index (Phi) is 3.77. The van der Waals surface area contributed by atoms with Crippen LogP contribution in [0.2, 0.25) is 0 Å². The van der Waals surface area contributed by atoms with Crippen LogP contribution in [0.1, 0.15) is 16.8 Å². The third-order valence-electron chi connectivity index (χ3n) is 4.02. The van der Waals surface area contributed by atoms with Crippen LogP contribution in [0.4, 0.5) is 0 Å².